The number of aliphatic hydroxyl groups excluding tert-OH is 1. The molecule has 0 aliphatic carbocycles. The van der Waals surface area contributed by atoms with E-state index in [1.165, 1.54) is 30.5 Å². The fourth-order valence-electron chi connectivity index (χ4n) is 6.99. The average molecular weight is 1000 g/mol. The summed E-state index contributed by atoms with van der Waals surface area (Å²) in [6, 6.07) is -12.8. The van der Waals surface area contributed by atoms with E-state index in [9.17, 15) is 63.0 Å². The summed E-state index contributed by atoms with van der Waals surface area (Å²) in [5.74, 6) is -10.4. The third-order valence-electron chi connectivity index (χ3n) is 11.0. The van der Waals surface area contributed by atoms with E-state index < -0.39 is 144 Å². The van der Waals surface area contributed by atoms with Gasteiger partial charge in [0.1, 0.15) is 54.4 Å². The van der Waals surface area contributed by atoms with Gasteiger partial charge < -0.3 is 74.2 Å². The first-order valence-corrected chi connectivity index (χ1v) is 24.4. The lowest BCUT2D eigenvalue weighted by molar-refractivity contribution is -0.143. The van der Waals surface area contributed by atoms with Crippen molar-refractivity contribution in [1.29, 1.82) is 0 Å². The van der Waals surface area contributed by atoms with E-state index >= 15 is 0 Å². The lowest BCUT2D eigenvalue weighted by Crippen LogP contribution is -2.61. The molecular formula is C43H75N11O14S. The van der Waals surface area contributed by atoms with E-state index in [0.29, 0.717) is 25.0 Å². The van der Waals surface area contributed by atoms with Crippen LogP contribution in [0.25, 0.3) is 0 Å². The van der Waals surface area contributed by atoms with Crippen LogP contribution in [-0.4, -0.2) is 177 Å². The van der Waals surface area contributed by atoms with Crippen LogP contribution in [0, 0.1) is 11.8 Å². The quantitative estimate of drug-likeness (QED) is 0.0298. The highest BCUT2D eigenvalue weighted by Crippen LogP contribution is 2.20. The molecule has 25 nitrogen and oxygen atoms in total. The van der Waals surface area contributed by atoms with Crippen LogP contribution in [0.5, 0.6) is 0 Å². The van der Waals surface area contributed by atoms with Crippen LogP contribution in [0.2, 0.25) is 0 Å². The number of nitrogens with one attached hydrogen (secondary N) is 8. The zero-order valence-corrected chi connectivity index (χ0v) is 41.6. The third-order valence-corrected chi connectivity index (χ3v) is 11.6. The van der Waals surface area contributed by atoms with Gasteiger partial charge in [0, 0.05) is 6.54 Å². The molecule has 0 aromatic rings. The average Bonchev–Trinajstić information content (AvgIpc) is 3.77. The van der Waals surface area contributed by atoms with Crippen molar-refractivity contribution in [2.75, 3.05) is 31.7 Å². The minimum absolute atomic E-state index is 0.0163. The van der Waals surface area contributed by atoms with Crippen molar-refractivity contribution in [3.63, 3.8) is 0 Å². The first-order valence-electron chi connectivity index (χ1n) is 23.0. The summed E-state index contributed by atoms with van der Waals surface area (Å²) in [7, 11) is 0. The SMILES string of the molecule is CSCC[C@H](NC(=O)[C@@H]1CCCN1C(=O)[C@H](CO)NC(=O)[C@@H](C)N)C(=O)N[C@@H](CC(C)C)C(=O)N[C@H](C(=O)N[C@@H](C)C(=O)N[C@@H](CCCCN)C(=O)N[C@@H](CC(=O)O)C(=O)N[C@H](C)C(=O)O)C(C)C. The van der Waals surface area contributed by atoms with Crippen molar-refractivity contribution < 1.29 is 68.1 Å². The molecule has 0 bridgehead atoms. The maximum absolute atomic E-state index is 14.0. The first-order chi connectivity index (χ1) is 32.3. The van der Waals surface area contributed by atoms with Crippen LogP contribution < -0.4 is 54.0 Å². The number of amides is 9. The molecule has 0 saturated carbocycles. The highest BCUT2D eigenvalue weighted by Gasteiger charge is 2.40. The Morgan fingerprint density at radius 3 is 1.70 bits per heavy atom. The standard InChI is InChI=1S/C43H75N11O14S/c1-21(2)18-28(50-37(61)27(14-17-69-8)49-40(64)31-13-11-16-54(31)42(66)30(20-55)52-34(58)23(5)45)39(63)53-33(22(3)4)41(65)46-24(6)35(59)48-26(12-9-10-15-44)36(60)51-29(19-32(56)57)38(62)47-25(7)43(67)68/h21-31,33,55H,9-20,44-45H2,1-8H3,(H,46,65)(H,47,62)(H,48,59)(H,49,64)(H,50,61)(H,51,60)(H,52,58)(H,53,63)(H,56,57)(H,67,68)/t23-,24+,25-,26+,27+,28+,29+,30+,31+,33+/m1/s1. The van der Waals surface area contributed by atoms with Gasteiger partial charge in [0.15, 0.2) is 0 Å². The Hall–Kier alpha value is -5.60. The first kappa shape index (κ1) is 61.4. The predicted octanol–water partition coefficient (Wildman–Crippen LogP) is -3.62. The number of aliphatic hydroxyl groups is 1. The summed E-state index contributed by atoms with van der Waals surface area (Å²) in [5, 5.41) is 48.3. The Balaban J connectivity index is 3.23. The number of carbonyl (C=O) groups excluding carboxylic acids is 9. The van der Waals surface area contributed by atoms with Crippen molar-refractivity contribution in [2.24, 2.45) is 23.3 Å². The second-order valence-electron chi connectivity index (χ2n) is 17.8. The number of nitrogens with two attached hydrogens (primary N) is 2. The van der Waals surface area contributed by atoms with Crippen molar-refractivity contribution in [3.05, 3.63) is 0 Å². The second-order valence-corrected chi connectivity index (χ2v) is 18.8. The summed E-state index contributed by atoms with van der Waals surface area (Å²) >= 11 is 1.40. The molecular weight excluding hydrogens is 927 g/mol. The number of carboxylic acids is 2. The van der Waals surface area contributed by atoms with Crippen LogP contribution in [0.1, 0.15) is 99.8 Å². The van der Waals surface area contributed by atoms with E-state index in [4.69, 9.17) is 16.6 Å². The molecule has 69 heavy (non-hydrogen) atoms. The topological polar surface area (TPSA) is 400 Å². The molecule has 392 valence electrons. The lowest BCUT2D eigenvalue weighted by atomic mass is 9.99. The van der Waals surface area contributed by atoms with Crippen molar-refractivity contribution >= 4 is 76.9 Å². The van der Waals surface area contributed by atoms with Crippen molar-refractivity contribution in [1.82, 2.24) is 47.4 Å². The molecule has 15 N–H and O–H groups in total. The molecule has 0 aromatic heterocycles. The Bertz CT molecular complexity index is 1810. The summed E-state index contributed by atoms with van der Waals surface area (Å²) in [5.41, 5.74) is 11.2. The molecule has 1 heterocycles. The van der Waals surface area contributed by atoms with Gasteiger partial charge >= 0.3 is 11.9 Å². The van der Waals surface area contributed by atoms with Gasteiger partial charge in [0.05, 0.1) is 19.1 Å². The van der Waals surface area contributed by atoms with Crippen molar-refractivity contribution in [2.45, 2.75) is 160 Å². The maximum Gasteiger partial charge on any atom is 0.325 e. The van der Waals surface area contributed by atoms with Gasteiger partial charge in [0.2, 0.25) is 53.2 Å². The number of hydrogen-bond acceptors (Lipinski definition) is 15. The van der Waals surface area contributed by atoms with Crippen molar-refractivity contribution in [3.8, 4) is 0 Å². The Morgan fingerprint density at radius 2 is 1.17 bits per heavy atom. The minimum atomic E-state index is -1.71. The van der Waals surface area contributed by atoms with Crippen LogP contribution in [0.15, 0.2) is 0 Å². The number of carbonyl (C=O) groups is 11. The summed E-state index contributed by atoms with van der Waals surface area (Å²) in [6.45, 7) is 10.4. The summed E-state index contributed by atoms with van der Waals surface area (Å²) in [4.78, 5) is 145. The van der Waals surface area contributed by atoms with E-state index in [2.05, 4.69) is 42.5 Å². The highest BCUT2D eigenvalue weighted by molar-refractivity contribution is 7.98. The van der Waals surface area contributed by atoms with Gasteiger partial charge in [-0.15, -0.1) is 0 Å². The molecule has 0 aromatic carbocycles. The number of thioether (sulfide) groups is 1. The molecule has 0 unspecified atom stereocenters. The van der Waals surface area contributed by atoms with E-state index in [1.54, 1.807) is 34.0 Å². The summed E-state index contributed by atoms with van der Waals surface area (Å²) in [6.07, 6.45) is 2.51. The minimum Gasteiger partial charge on any atom is -0.481 e. The molecule has 0 radical (unpaired) electrons. The predicted molar refractivity (Wildman–Crippen MR) is 252 cm³/mol. The van der Waals surface area contributed by atoms with Gasteiger partial charge in [0.25, 0.3) is 0 Å². The van der Waals surface area contributed by atoms with E-state index in [0.717, 1.165) is 6.92 Å². The molecule has 1 aliphatic heterocycles. The maximum atomic E-state index is 14.0. The van der Waals surface area contributed by atoms with Gasteiger partial charge in [-0.2, -0.15) is 11.8 Å². The fourth-order valence-corrected chi connectivity index (χ4v) is 7.46. The Morgan fingerprint density at radius 1 is 0.638 bits per heavy atom. The van der Waals surface area contributed by atoms with E-state index in [1.807, 2.05) is 0 Å². The van der Waals surface area contributed by atoms with Gasteiger partial charge in [-0.3, -0.25) is 52.7 Å². The molecule has 9 amide bonds. The number of hydrogen-bond donors (Lipinski definition) is 13. The molecule has 1 fully saturated rings. The second kappa shape index (κ2) is 30.8. The molecule has 1 saturated heterocycles. The zero-order valence-electron chi connectivity index (χ0n) is 40.8. The Labute approximate surface area is 406 Å². The number of carboxylic acid groups (broad SMARTS) is 2. The third kappa shape index (κ3) is 21.3. The van der Waals surface area contributed by atoms with Gasteiger partial charge in [-0.1, -0.05) is 27.7 Å². The van der Waals surface area contributed by atoms with E-state index in [-0.39, 0.29) is 44.7 Å². The molecule has 1 aliphatic rings. The summed E-state index contributed by atoms with van der Waals surface area (Å²) < 4.78 is 0. The van der Waals surface area contributed by atoms with Crippen LogP contribution >= 0.6 is 11.8 Å². The monoisotopic (exact) mass is 1000 g/mol. The smallest absolute Gasteiger partial charge is 0.325 e. The number of aliphatic carboxylic acids is 2. The van der Waals surface area contributed by atoms with Crippen LogP contribution in [0.3, 0.4) is 0 Å². The number of likely N-dealkylation sites (tertiary alicyclic amines) is 1. The highest BCUT2D eigenvalue weighted by atomic mass is 32.2. The largest absolute Gasteiger partial charge is 0.481 e. The number of nitrogens with zero attached hydrogens (tertiary/aromatic N) is 1. The lowest BCUT2D eigenvalue weighted by Gasteiger charge is -2.30. The Kier molecular flexibility index (Phi) is 27.4. The zero-order chi connectivity index (χ0) is 52.7. The normalized spacial score (nSPS) is 17.3. The molecule has 0 spiro atoms. The number of unbranched alkanes of at least 4 members (excludes halogenated alkanes) is 1. The van der Waals surface area contributed by atoms with Crippen LogP contribution in [0.4, 0.5) is 0 Å². The molecule has 10 atom stereocenters. The van der Waals surface area contributed by atoms with Gasteiger partial charge in [-0.25, -0.2) is 0 Å². The fraction of sp³-hybridized carbons (Fsp3) is 0.744. The van der Waals surface area contributed by atoms with Crippen LogP contribution in [-0.2, 0) is 52.7 Å². The van der Waals surface area contributed by atoms with Gasteiger partial charge in [-0.05, 0) is 96.1 Å². The molecule has 26 heteroatoms. The number of rotatable bonds is 31. The molecule has 1 rings (SSSR count).